The molecule has 0 bridgehead atoms. The van der Waals surface area contributed by atoms with Crippen molar-refractivity contribution in [3.8, 4) is 0 Å². The van der Waals surface area contributed by atoms with Crippen molar-refractivity contribution in [2.75, 3.05) is 12.3 Å². The van der Waals surface area contributed by atoms with Crippen LogP contribution in [0.4, 0.5) is 0 Å². The van der Waals surface area contributed by atoms with Crippen molar-refractivity contribution >= 4 is 80.8 Å². The molecule has 0 spiro atoms. The van der Waals surface area contributed by atoms with Gasteiger partial charge in [-0.2, -0.15) is 0 Å². The zero-order valence-electron chi connectivity index (χ0n) is 27.8. The largest absolute Gasteiger partial charge is 0.481 e. The molecule has 0 aliphatic rings. The maximum Gasteiger partial charge on any atom is 0.321 e. The van der Waals surface area contributed by atoms with Gasteiger partial charge in [0.2, 0.25) is 11.8 Å². The van der Waals surface area contributed by atoms with Crippen LogP contribution in [0.5, 0.6) is 0 Å². The van der Waals surface area contributed by atoms with Gasteiger partial charge in [0, 0.05) is 29.9 Å². The fourth-order valence-corrected chi connectivity index (χ4v) is 7.17. The summed E-state index contributed by atoms with van der Waals surface area (Å²) in [5.41, 5.74) is 21.6. The minimum absolute atomic E-state index is 0.0115. The molecule has 288 valence electrons. The maximum atomic E-state index is 13.3. The molecule has 0 rings (SSSR count). The molecule has 0 heterocycles. The quantitative estimate of drug-likeness (QED) is 0.0179. The van der Waals surface area contributed by atoms with Crippen molar-refractivity contribution in [1.29, 1.82) is 0 Å². The van der Waals surface area contributed by atoms with E-state index in [1.165, 1.54) is 13.8 Å². The van der Waals surface area contributed by atoms with Gasteiger partial charge in [0.15, 0.2) is 17.5 Å². The van der Waals surface area contributed by atoms with Crippen LogP contribution < -0.4 is 33.6 Å². The molecule has 6 atom stereocenters. The van der Waals surface area contributed by atoms with Crippen LogP contribution in [0.15, 0.2) is 4.99 Å². The van der Waals surface area contributed by atoms with E-state index >= 15 is 0 Å². The zero-order valence-corrected chi connectivity index (χ0v) is 29.4. The summed E-state index contributed by atoms with van der Waals surface area (Å²) in [6, 6.07) is -6.11. The molecule has 15 N–H and O–H groups in total. The summed E-state index contributed by atoms with van der Waals surface area (Å²) in [4.78, 5) is 114. The number of carboxylic acid groups (broad SMARTS) is 5. The summed E-state index contributed by atoms with van der Waals surface area (Å²) >= 11 is 0. The number of carbonyl (C=O) groups excluding carboxylic acids is 4. The van der Waals surface area contributed by atoms with Gasteiger partial charge in [-0.15, -0.1) is 0 Å². The predicted octanol–water partition coefficient (Wildman–Crippen LogP) is -2.43. The Morgan fingerprint density at radius 2 is 1.22 bits per heavy atom. The van der Waals surface area contributed by atoms with Gasteiger partial charge in [-0.05, 0) is 26.7 Å². The Labute approximate surface area is 299 Å². The average molecular weight is 768 g/mol. The number of nitrogens with zero attached hydrogens (tertiary/aromatic N) is 1. The minimum Gasteiger partial charge on any atom is -0.481 e. The molecule has 0 aromatic heterocycles. The summed E-state index contributed by atoms with van der Waals surface area (Å²) in [5, 5.41) is 51.1. The van der Waals surface area contributed by atoms with Gasteiger partial charge in [0.25, 0.3) is 0 Å². The molecule has 23 heteroatoms. The monoisotopic (exact) mass is 767 g/mol. The first-order valence-electron chi connectivity index (χ1n) is 15.1. The molecule has 0 aromatic rings. The fraction of sp³-hybridized carbons (Fsp3) is 0.643. The van der Waals surface area contributed by atoms with E-state index in [-0.39, 0.29) is 31.1 Å². The molecule has 51 heavy (non-hydrogen) atoms. The van der Waals surface area contributed by atoms with Gasteiger partial charge in [-0.3, -0.25) is 48.1 Å². The summed E-state index contributed by atoms with van der Waals surface area (Å²) in [6.07, 6.45) is -4.56. The number of carbonyl (C=O) groups is 9. The number of rotatable bonds is 27. The topological polar surface area (TPSA) is 395 Å². The Bertz CT molecular complexity index is 1340. The van der Waals surface area contributed by atoms with Crippen LogP contribution in [0, 0.1) is 11.8 Å². The summed E-state index contributed by atoms with van der Waals surface area (Å²) < 4.78 is -1.26. The van der Waals surface area contributed by atoms with Crippen LogP contribution in [0.3, 0.4) is 0 Å². The number of guanidine groups is 1. The van der Waals surface area contributed by atoms with Crippen molar-refractivity contribution in [3.63, 3.8) is 0 Å². The third-order valence-electron chi connectivity index (χ3n) is 7.09. The number of aliphatic imine (C=N–C) groups is 1. The molecule has 0 saturated heterocycles. The van der Waals surface area contributed by atoms with Crippen molar-refractivity contribution in [1.82, 2.24) is 10.6 Å². The van der Waals surface area contributed by atoms with E-state index in [4.69, 9.17) is 33.1 Å². The lowest BCUT2D eigenvalue weighted by atomic mass is 9.87. The van der Waals surface area contributed by atoms with Gasteiger partial charge in [0.1, 0.15) is 6.04 Å². The molecule has 21 nitrogen and oxygen atoms in total. The van der Waals surface area contributed by atoms with Crippen molar-refractivity contribution in [3.05, 3.63) is 0 Å². The van der Waals surface area contributed by atoms with Crippen molar-refractivity contribution in [2.24, 2.45) is 39.8 Å². The fourth-order valence-electron chi connectivity index (χ4n) is 4.30. The molecule has 0 fully saturated rings. The number of Topliss-reactive ketones (excluding diaryl/α,β-unsaturated/α-hetero) is 2. The molecule has 6 unspecified atom stereocenters. The third kappa shape index (κ3) is 18.9. The van der Waals surface area contributed by atoms with Crippen LogP contribution in [-0.2, 0) is 43.2 Å². The first-order chi connectivity index (χ1) is 23.5. The van der Waals surface area contributed by atoms with Crippen LogP contribution in [0.2, 0.25) is 0 Å². The SMILES string of the molecule is CC(C)(SSCC(N)C(=O)O)C(CC(=O)C(CC(=O)O)NC(=O)C(CC(=O)O)CC(=O)C(CCCN=C(N)N)NC(=O)C(N)CC(=O)O)C(=O)O. The van der Waals surface area contributed by atoms with Gasteiger partial charge in [-0.25, -0.2) is 0 Å². The van der Waals surface area contributed by atoms with Crippen molar-refractivity contribution in [2.45, 2.75) is 87.7 Å². The van der Waals surface area contributed by atoms with Gasteiger partial charge < -0.3 is 59.1 Å². The molecule has 0 radical (unpaired) electrons. The molecule has 0 aliphatic carbocycles. The Morgan fingerprint density at radius 3 is 1.71 bits per heavy atom. The first kappa shape index (κ1) is 46.5. The molecular weight excluding hydrogens is 722 g/mol. The van der Waals surface area contributed by atoms with Crippen LogP contribution in [0.25, 0.3) is 0 Å². The highest BCUT2D eigenvalue weighted by Crippen LogP contribution is 2.42. The van der Waals surface area contributed by atoms with Crippen LogP contribution in [0.1, 0.15) is 58.8 Å². The number of carboxylic acids is 5. The number of amides is 2. The predicted molar refractivity (Wildman–Crippen MR) is 182 cm³/mol. The van der Waals surface area contributed by atoms with Gasteiger partial charge in [0.05, 0.1) is 49.2 Å². The second kappa shape index (κ2) is 22.4. The lowest BCUT2D eigenvalue weighted by molar-refractivity contribution is -0.146. The summed E-state index contributed by atoms with van der Waals surface area (Å²) in [5.74, 6) is -15.1. The lowest BCUT2D eigenvalue weighted by Crippen LogP contribution is -2.50. The number of aliphatic carboxylic acids is 5. The van der Waals surface area contributed by atoms with Gasteiger partial charge in [-0.1, -0.05) is 21.6 Å². The van der Waals surface area contributed by atoms with E-state index in [2.05, 4.69) is 15.6 Å². The summed E-state index contributed by atoms with van der Waals surface area (Å²) in [7, 11) is 1.87. The zero-order chi connectivity index (χ0) is 39.6. The molecule has 0 saturated carbocycles. The minimum atomic E-state index is -1.86. The highest BCUT2D eigenvalue weighted by molar-refractivity contribution is 8.77. The average Bonchev–Trinajstić information content (AvgIpc) is 2.98. The van der Waals surface area contributed by atoms with E-state index in [1.807, 2.05) is 0 Å². The third-order valence-corrected chi connectivity index (χ3v) is 10.5. The Hall–Kier alpha value is -4.48. The second-order valence-electron chi connectivity index (χ2n) is 11.8. The highest BCUT2D eigenvalue weighted by Gasteiger charge is 2.40. The summed E-state index contributed by atoms with van der Waals surface area (Å²) in [6.45, 7) is 2.88. The van der Waals surface area contributed by atoms with Gasteiger partial charge >= 0.3 is 29.8 Å². The second-order valence-corrected chi connectivity index (χ2v) is 14.8. The molecule has 2 amide bonds. The number of hydrogen-bond acceptors (Lipinski definition) is 14. The molecule has 0 aliphatic heterocycles. The first-order valence-corrected chi connectivity index (χ1v) is 17.4. The standard InChI is InChI=1S/C28H45N7O14S2/c1-28(2,51-50-11-15(30)26(48)49)13(25(46)47)8-19(37)17(10-22(42)43)35-23(44)12(7-20(38)39)6-18(36)16(4-3-5-33-27(31)32)34-24(45)14(29)9-21(40)41/h12-17H,3-11,29-30H2,1-2H3,(H,34,45)(H,35,44)(H,38,39)(H,40,41)(H,42,43)(H,46,47)(H,48,49)(H4,31,32,33). The van der Waals surface area contributed by atoms with E-state index in [9.17, 15) is 58.5 Å². The van der Waals surface area contributed by atoms with E-state index < -0.39 is 126 Å². The van der Waals surface area contributed by atoms with E-state index in [0.717, 1.165) is 21.6 Å². The maximum absolute atomic E-state index is 13.3. The molecule has 0 aromatic carbocycles. The smallest absolute Gasteiger partial charge is 0.321 e. The number of hydrogen-bond donors (Lipinski definition) is 11. The molecular formula is C28H45N7O14S2. The Morgan fingerprint density at radius 1 is 0.686 bits per heavy atom. The van der Waals surface area contributed by atoms with Crippen LogP contribution >= 0.6 is 21.6 Å². The van der Waals surface area contributed by atoms with Crippen molar-refractivity contribution < 1.29 is 68.7 Å². The Balaban J connectivity index is 6.16. The highest BCUT2D eigenvalue weighted by atomic mass is 33.1. The lowest BCUT2D eigenvalue weighted by Gasteiger charge is -2.31. The normalized spacial score (nSPS) is 14.7. The number of ketones is 2. The number of nitrogens with one attached hydrogen (secondary N) is 2. The van der Waals surface area contributed by atoms with E-state index in [1.54, 1.807) is 0 Å². The van der Waals surface area contributed by atoms with Crippen LogP contribution in [-0.4, -0.2) is 126 Å². The number of nitrogens with two attached hydrogens (primary N) is 4. The van der Waals surface area contributed by atoms with E-state index in [0.29, 0.717) is 0 Å². The Kier molecular flexibility index (Phi) is 20.4.